The van der Waals surface area contributed by atoms with Crippen LogP contribution in [-0.2, 0) is 0 Å². The third-order valence-corrected chi connectivity index (χ3v) is 2.66. The Morgan fingerprint density at radius 1 is 1.06 bits per heavy atom. The van der Waals surface area contributed by atoms with Gasteiger partial charge in [0.1, 0.15) is 18.9 Å². The lowest BCUT2D eigenvalue weighted by Gasteiger charge is -2.06. The molecule has 0 amide bonds. The molecule has 2 aromatic carbocycles. The molecule has 92 valence electrons. The number of hydrogen-bond acceptors (Lipinski definition) is 3. The van der Waals surface area contributed by atoms with Crippen LogP contribution in [0.5, 0.6) is 5.75 Å². The Labute approximate surface area is 106 Å². The highest BCUT2D eigenvalue weighted by Crippen LogP contribution is 2.23. The van der Waals surface area contributed by atoms with Crippen LogP contribution in [0, 0.1) is 11.8 Å². The van der Waals surface area contributed by atoms with Gasteiger partial charge in [0.25, 0.3) is 0 Å². The van der Waals surface area contributed by atoms with Crippen LogP contribution < -0.4 is 4.74 Å². The molecule has 0 aliphatic rings. The van der Waals surface area contributed by atoms with E-state index in [-0.39, 0.29) is 6.54 Å². The summed E-state index contributed by atoms with van der Waals surface area (Å²) in [6.45, 7) is 2.58. The molecular weight excluding hydrogens is 226 g/mol. The number of hydrogen-bond donors (Lipinski definition) is 0. The molecule has 0 aliphatic carbocycles. The number of benzene rings is 2. The molecule has 3 nitrogen and oxygen atoms in total. The molecule has 0 saturated carbocycles. The normalized spacial score (nSPS) is 10.1. The Morgan fingerprint density at radius 3 is 2.50 bits per heavy atom. The summed E-state index contributed by atoms with van der Waals surface area (Å²) in [5.41, 5.74) is 3.58. The summed E-state index contributed by atoms with van der Waals surface area (Å²) in [6, 6.07) is 16.2. The van der Waals surface area contributed by atoms with Crippen LogP contribution >= 0.6 is 0 Å². The summed E-state index contributed by atoms with van der Waals surface area (Å²) in [6.07, 6.45) is 0. The van der Waals surface area contributed by atoms with Crippen molar-refractivity contribution in [2.45, 2.75) is 6.92 Å². The van der Waals surface area contributed by atoms with E-state index in [0.717, 1.165) is 11.3 Å². The van der Waals surface area contributed by atoms with Gasteiger partial charge in [-0.1, -0.05) is 47.1 Å². The number of nitroso groups, excluding NO2 is 1. The van der Waals surface area contributed by atoms with E-state index in [1.165, 1.54) is 11.1 Å². The lowest BCUT2D eigenvalue weighted by Crippen LogP contribution is -1.99. The van der Waals surface area contributed by atoms with Gasteiger partial charge in [-0.05, 0) is 30.2 Å². The maximum atomic E-state index is 9.94. The molecule has 0 bridgehead atoms. The molecule has 0 fully saturated rings. The SMILES string of the molecule is Cc1cccc(-c2ccc(OCCN=O)cc2)c1. The summed E-state index contributed by atoms with van der Waals surface area (Å²) < 4.78 is 5.37. The smallest absolute Gasteiger partial charge is 0.119 e. The average molecular weight is 241 g/mol. The first-order valence-electron chi connectivity index (χ1n) is 5.88. The third-order valence-electron chi connectivity index (χ3n) is 2.66. The quantitative estimate of drug-likeness (QED) is 0.589. The molecule has 0 heterocycles. The Hall–Kier alpha value is -2.16. The molecule has 0 aromatic heterocycles. The number of rotatable bonds is 5. The van der Waals surface area contributed by atoms with Gasteiger partial charge in [0.2, 0.25) is 0 Å². The molecule has 3 heteroatoms. The van der Waals surface area contributed by atoms with Gasteiger partial charge >= 0.3 is 0 Å². The Bertz CT molecular complexity index is 520. The first-order chi connectivity index (χ1) is 8.79. The summed E-state index contributed by atoms with van der Waals surface area (Å²) in [4.78, 5) is 9.94. The highest BCUT2D eigenvalue weighted by Gasteiger charge is 1.99. The van der Waals surface area contributed by atoms with Crippen molar-refractivity contribution < 1.29 is 4.74 Å². The maximum Gasteiger partial charge on any atom is 0.119 e. The van der Waals surface area contributed by atoms with Crippen LogP contribution in [0.2, 0.25) is 0 Å². The average Bonchev–Trinajstić information content (AvgIpc) is 2.40. The molecule has 0 atom stereocenters. The van der Waals surface area contributed by atoms with Gasteiger partial charge in [0, 0.05) is 0 Å². The van der Waals surface area contributed by atoms with Crippen molar-refractivity contribution in [3.8, 4) is 16.9 Å². The number of ether oxygens (including phenoxy) is 1. The lowest BCUT2D eigenvalue weighted by atomic mass is 10.0. The Morgan fingerprint density at radius 2 is 1.83 bits per heavy atom. The highest BCUT2D eigenvalue weighted by molar-refractivity contribution is 5.64. The molecule has 18 heavy (non-hydrogen) atoms. The van der Waals surface area contributed by atoms with Gasteiger partial charge in [-0.3, -0.25) is 0 Å². The Kier molecular flexibility index (Phi) is 4.07. The van der Waals surface area contributed by atoms with Crippen molar-refractivity contribution in [3.05, 3.63) is 59.0 Å². The zero-order valence-electron chi connectivity index (χ0n) is 10.3. The van der Waals surface area contributed by atoms with Gasteiger partial charge in [-0.2, -0.15) is 4.91 Å². The van der Waals surface area contributed by atoms with Crippen LogP contribution in [-0.4, -0.2) is 13.2 Å². The molecular formula is C15H15NO2. The minimum atomic E-state index is 0.180. The minimum absolute atomic E-state index is 0.180. The van der Waals surface area contributed by atoms with E-state index in [4.69, 9.17) is 4.74 Å². The van der Waals surface area contributed by atoms with E-state index in [0.29, 0.717) is 6.61 Å². The van der Waals surface area contributed by atoms with Gasteiger partial charge in [0.05, 0.1) is 0 Å². The van der Waals surface area contributed by atoms with E-state index in [9.17, 15) is 4.91 Å². The molecule has 0 N–H and O–H groups in total. The van der Waals surface area contributed by atoms with Crippen LogP contribution in [0.1, 0.15) is 5.56 Å². The Balaban J connectivity index is 2.10. The highest BCUT2D eigenvalue weighted by atomic mass is 16.5. The van der Waals surface area contributed by atoms with E-state index in [1.807, 2.05) is 30.3 Å². The number of nitrogens with zero attached hydrogens (tertiary/aromatic N) is 1. The first-order valence-corrected chi connectivity index (χ1v) is 5.88. The van der Waals surface area contributed by atoms with E-state index < -0.39 is 0 Å². The van der Waals surface area contributed by atoms with Crippen LogP contribution in [0.4, 0.5) is 0 Å². The summed E-state index contributed by atoms with van der Waals surface area (Å²) >= 11 is 0. The van der Waals surface area contributed by atoms with Crippen LogP contribution in [0.3, 0.4) is 0 Å². The van der Waals surface area contributed by atoms with Crippen molar-refractivity contribution in [1.82, 2.24) is 0 Å². The lowest BCUT2D eigenvalue weighted by molar-refractivity contribution is 0.328. The van der Waals surface area contributed by atoms with Crippen LogP contribution in [0.15, 0.2) is 53.7 Å². The minimum Gasteiger partial charge on any atom is -0.492 e. The topological polar surface area (TPSA) is 38.7 Å². The third kappa shape index (κ3) is 3.17. The predicted molar refractivity (Wildman–Crippen MR) is 72.8 cm³/mol. The molecule has 0 radical (unpaired) electrons. The van der Waals surface area contributed by atoms with Crippen molar-refractivity contribution >= 4 is 0 Å². The molecule has 2 rings (SSSR count). The second-order valence-electron chi connectivity index (χ2n) is 4.10. The van der Waals surface area contributed by atoms with Gasteiger partial charge in [0.15, 0.2) is 0 Å². The fourth-order valence-corrected chi connectivity index (χ4v) is 1.77. The molecule has 0 aliphatic heterocycles. The zero-order valence-corrected chi connectivity index (χ0v) is 10.3. The second-order valence-corrected chi connectivity index (χ2v) is 4.10. The van der Waals surface area contributed by atoms with E-state index in [1.54, 1.807) is 0 Å². The predicted octanol–water partition coefficient (Wildman–Crippen LogP) is 3.81. The molecule has 2 aromatic rings. The summed E-state index contributed by atoms with van der Waals surface area (Å²) in [7, 11) is 0. The summed E-state index contributed by atoms with van der Waals surface area (Å²) in [5, 5.41) is 2.75. The largest absolute Gasteiger partial charge is 0.492 e. The van der Waals surface area contributed by atoms with E-state index in [2.05, 4.69) is 30.3 Å². The van der Waals surface area contributed by atoms with Gasteiger partial charge < -0.3 is 4.74 Å². The fraction of sp³-hybridized carbons (Fsp3) is 0.200. The van der Waals surface area contributed by atoms with E-state index >= 15 is 0 Å². The molecule has 0 saturated heterocycles. The number of aryl methyl sites for hydroxylation is 1. The molecule has 0 unspecified atom stereocenters. The zero-order chi connectivity index (χ0) is 12.8. The first kappa shape index (κ1) is 12.3. The van der Waals surface area contributed by atoms with Gasteiger partial charge in [-0.15, -0.1) is 0 Å². The van der Waals surface area contributed by atoms with Crippen molar-refractivity contribution in [2.75, 3.05) is 13.2 Å². The standard InChI is InChI=1S/C15H15NO2/c1-12-3-2-4-14(11-12)13-5-7-15(8-6-13)18-10-9-16-17/h2-8,11H,9-10H2,1H3. The second kappa shape index (κ2) is 5.96. The van der Waals surface area contributed by atoms with Crippen molar-refractivity contribution in [2.24, 2.45) is 5.18 Å². The van der Waals surface area contributed by atoms with Gasteiger partial charge in [-0.25, -0.2) is 0 Å². The maximum absolute atomic E-state index is 9.94. The fourth-order valence-electron chi connectivity index (χ4n) is 1.77. The van der Waals surface area contributed by atoms with Crippen molar-refractivity contribution in [1.29, 1.82) is 0 Å². The monoisotopic (exact) mass is 241 g/mol. The summed E-state index contributed by atoms with van der Waals surface area (Å²) in [5.74, 6) is 0.759. The van der Waals surface area contributed by atoms with Crippen LogP contribution in [0.25, 0.3) is 11.1 Å². The van der Waals surface area contributed by atoms with Crippen molar-refractivity contribution in [3.63, 3.8) is 0 Å². The molecule has 0 spiro atoms.